The second-order valence-electron chi connectivity index (χ2n) is 9.89. The minimum Gasteiger partial charge on any atom is -0.496 e. The molecule has 5 nitrogen and oxygen atoms in total. The van der Waals surface area contributed by atoms with E-state index in [-0.39, 0.29) is 18.0 Å². The summed E-state index contributed by atoms with van der Waals surface area (Å²) in [5.41, 5.74) is 4.78. The summed E-state index contributed by atoms with van der Waals surface area (Å²) in [4.78, 5) is 14.6. The summed E-state index contributed by atoms with van der Waals surface area (Å²) in [6, 6.07) is 27.1. The third-order valence-corrected chi connectivity index (χ3v) is 7.85. The zero-order valence-electron chi connectivity index (χ0n) is 20.4. The molecule has 3 aliphatic rings. The van der Waals surface area contributed by atoms with Gasteiger partial charge in [0.25, 0.3) is 0 Å². The molecule has 3 aromatic rings. The third-order valence-electron chi connectivity index (χ3n) is 7.85. The molecule has 5 atom stereocenters. The molecular formula is C30H34N2O3. The maximum Gasteiger partial charge on any atom is 0.320 e. The highest BCUT2D eigenvalue weighted by molar-refractivity contribution is 5.74. The van der Waals surface area contributed by atoms with E-state index in [2.05, 4.69) is 77.8 Å². The largest absolute Gasteiger partial charge is 0.496 e. The summed E-state index contributed by atoms with van der Waals surface area (Å²) in [5, 5.41) is 14.0. The van der Waals surface area contributed by atoms with E-state index in [1.54, 1.807) is 7.11 Å². The SMILES string of the molecule is COc1ccc(C)cc1CN[C@H]1[C@H]2CCN(C(C(=O)O)C2)[C@H]1C(c1ccccc1)c1ccccc1. The number of hydrogen-bond donors (Lipinski definition) is 2. The number of rotatable bonds is 8. The molecule has 3 heterocycles. The molecule has 2 N–H and O–H groups in total. The zero-order valence-corrected chi connectivity index (χ0v) is 20.4. The van der Waals surface area contributed by atoms with Gasteiger partial charge < -0.3 is 15.2 Å². The highest BCUT2D eigenvalue weighted by atomic mass is 16.5. The standard InChI is InChI=1S/C30H34N2O3/c1-20-13-14-26(35-2)24(17-20)19-31-28-23-15-16-32(25(18-23)30(33)34)29(28)27(21-9-5-3-6-10-21)22-11-7-4-8-12-22/h3-14,17,23,25,27-29,31H,15-16,18-19H2,1-2H3,(H,33,34)/t23-,25?,28-,29-/m0/s1. The smallest absolute Gasteiger partial charge is 0.320 e. The summed E-state index contributed by atoms with van der Waals surface area (Å²) in [6.07, 6.45) is 1.70. The number of ether oxygens (including phenoxy) is 1. The average molecular weight is 471 g/mol. The first kappa shape index (κ1) is 23.6. The molecule has 0 aliphatic carbocycles. The number of piperidine rings is 3. The quantitative estimate of drug-likeness (QED) is 0.493. The van der Waals surface area contributed by atoms with Crippen molar-refractivity contribution in [1.82, 2.24) is 10.2 Å². The summed E-state index contributed by atoms with van der Waals surface area (Å²) < 4.78 is 5.64. The van der Waals surface area contributed by atoms with E-state index in [1.807, 2.05) is 18.2 Å². The summed E-state index contributed by atoms with van der Waals surface area (Å²) in [7, 11) is 1.71. The van der Waals surface area contributed by atoms with E-state index >= 15 is 0 Å². The third kappa shape index (κ3) is 4.71. The molecule has 2 unspecified atom stereocenters. The first-order valence-electron chi connectivity index (χ1n) is 12.5. The summed E-state index contributed by atoms with van der Waals surface area (Å²) >= 11 is 0. The molecule has 0 amide bonds. The van der Waals surface area contributed by atoms with Gasteiger partial charge in [0.1, 0.15) is 11.8 Å². The van der Waals surface area contributed by atoms with Crippen molar-refractivity contribution in [1.29, 1.82) is 0 Å². The van der Waals surface area contributed by atoms with Gasteiger partial charge in [-0.3, -0.25) is 9.69 Å². The predicted molar refractivity (Wildman–Crippen MR) is 138 cm³/mol. The van der Waals surface area contributed by atoms with Crippen LogP contribution in [0.25, 0.3) is 0 Å². The van der Waals surface area contributed by atoms with E-state index in [1.165, 1.54) is 16.7 Å². The van der Waals surface area contributed by atoms with Crippen LogP contribution in [0, 0.1) is 12.8 Å². The fourth-order valence-electron chi connectivity index (χ4n) is 6.29. The Balaban J connectivity index is 1.55. The Kier molecular flexibility index (Phi) is 6.89. The van der Waals surface area contributed by atoms with Crippen LogP contribution in [0.2, 0.25) is 0 Å². The van der Waals surface area contributed by atoms with Crippen LogP contribution in [0.5, 0.6) is 5.75 Å². The van der Waals surface area contributed by atoms with Gasteiger partial charge in [-0.1, -0.05) is 78.4 Å². The lowest BCUT2D eigenvalue weighted by Crippen LogP contribution is -2.69. The van der Waals surface area contributed by atoms with Gasteiger partial charge >= 0.3 is 5.97 Å². The van der Waals surface area contributed by atoms with Crippen molar-refractivity contribution in [3.05, 3.63) is 101 Å². The van der Waals surface area contributed by atoms with Crippen LogP contribution in [0.3, 0.4) is 0 Å². The Hall–Kier alpha value is -3.15. The molecule has 182 valence electrons. The first-order valence-corrected chi connectivity index (χ1v) is 12.5. The molecule has 3 saturated heterocycles. The predicted octanol–water partition coefficient (Wildman–Crippen LogP) is 4.84. The lowest BCUT2D eigenvalue weighted by molar-refractivity contribution is -0.152. The van der Waals surface area contributed by atoms with Crippen molar-refractivity contribution in [2.24, 2.45) is 5.92 Å². The van der Waals surface area contributed by atoms with E-state index in [9.17, 15) is 9.90 Å². The topological polar surface area (TPSA) is 61.8 Å². The maximum atomic E-state index is 12.3. The number of nitrogens with one attached hydrogen (secondary N) is 1. The monoisotopic (exact) mass is 470 g/mol. The summed E-state index contributed by atoms with van der Waals surface area (Å²) in [5.74, 6) is 0.543. The van der Waals surface area contributed by atoms with Crippen molar-refractivity contribution < 1.29 is 14.6 Å². The number of aliphatic carboxylic acids is 1. The van der Waals surface area contributed by atoms with Crippen molar-refractivity contribution in [3.8, 4) is 5.75 Å². The number of carboxylic acid groups (broad SMARTS) is 1. The van der Waals surface area contributed by atoms with Crippen molar-refractivity contribution in [3.63, 3.8) is 0 Å². The minimum atomic E-state index is -0.710. The Morgan fingerprint density at radius 1 is 1.06 bits per heavy atom. The molecule has 0 radical (unpaired) electrons. The van der Waals surface area contributed by atoms with Crippen molar-refractivity contribution >= 4 is 5.97 Å². The number of fused-ring (bicyclic) bond motifs is 3. The lowest BCUT2D eigenvalue weighted by Gasteiger charge is -2.56. The minimum absolute atomic E-state index is 0.0317. The van der Waals surface area contributed by atoms with Crippen molar-refractivity contribution in [2.75, 3.05) is 13.7 Å². The molecule has 2 bridgehead atoms. The van der Waals surface area contributed by atoms with Gasteiger partial charge in [0, 0.05) is 30.1 Å². The lowest BCUT2D eigenvalue weighted by atomic mass is 9.68. The van der Waals surface area contributed by atoms with Gasteiger partial charge in [0.2, 0.25) is 0 Å². The highest BCUT2D eigenvalue weighted by Gasteiger charge is 2.52. The van der Waals surface area contributed by atoms with Gasteiger partial charge in [0.15, 0.2) is 0 Å². The number of hydrogen-bond acceptors (Lipinski definition) is 4. The number of carboxylic acids is 1. The molecule has 6 rings (SSSR count). The van der Waals surface area contributed by atoms with Crippen LogP contribution in [0.1, 0.15) is 41.0 Å². The molecule has 3 fully saturated rings. The summed E-state index contributed by atoms with van der Waals surface area (Å²) in [6.45, 7) is 3.59. The molecule has 3 aliphatic heterocycles. The fourth-order valence-corrected chi connectivity index (χ4v) is 6.29. The van der Waals surface area contributed by atoms with Gasteiger partial charge in [-0.15, -0.1) is 0 Å². The molecule has 0 spiro atoms. The molecule has 5 heteroatoms. The molecule has 0 saturated carbocycles. The van der Waals surface area contributed by atoms with E-state index in [0.717, 1.165) is 24.3 Å². The maximum absolute atomic E-state index is 12.3. The van der Waals surface area contributed by atoms with Crippen LogP contribution in [0.15, 0.2) is 78.9 Å². The van der Waals surface area contributed by atoms with Gasteiger partial charge in [-0.2, -0.15) is 0 Å². The van der Waals surface area contributed by atoms with Gasteiger partial charge in [-0.05, 0) is 49.4 Å². The van der Waals surface area contributed by atoms with Crippen molar-refractivity contribution in [2.45, 2.75) is 50.4 Å². The number of methoxy groups -OCH3 is 1. The number of benzene rings is 3. The first-order chi connectivity index (χ1) is 17.1. The highest BCUT2D eigenvalue weighted by Crippen LogP contribution is 2.44. The van der Waals surface area contributed by atoms with E-state index in [4.69, 9.17) is 4.74 Å². The van der Waals surface area contributed by atoms with E-state index in [0.29, 0.717) is 18.9 Å². The zero-order chi connectivity index (χ0) is 24.4. The Morgan fingerprint density at radius 3 is 2.31 bits per heavy atom. The van der Waals surface area contributed by atoms with Gasteiger partial charge in [0.05, 0.1) is 7.11 Å². The number of aryl methyl sites for hydroxylation is 1. The number of carbonyl (C=O) groups is 1. The molecule has 0 aromatic heterocycles. The van der Waals surface area contributed by atoms with Crippen LogP contribution < -0.4 is 10.1 Å². The van der Waals surface area contributed by atoms with Crippen LogP contribution >= 0.6 is 0 Å². The molecular weight excluding hydrogens is 436 g/mol. The Labute approximate surface area is 207 Å². The van der Waals surface area contributed by atoms with Crippen LogP contribution in [-0.2, 0) is 11.3 Å². The fraction of sp³-hybridized carbons (Fsp3) is 0.367. The molecule has 3 aromatic carbocycles. The Morgan fingerprint density at radius 2 is 1.71 bits per heavy atom. The van der Waals surface area contributed by atoms with Crippen LogP contribution in [0.4, 0.5) is 0 Å². The average Bonchev–Trinajstić information content (AvgIpc) is 2.89. The normalized spacial score (nSPS) is 25.5. The van der Waals surface area contributed by atoms with Gasteiger partial charge in [-0.25, -0.2) is 0 Å². The second kappa shape index (κ2) is 10.2. The second-order valence-corrected chi connectivity index (χ2v) is 9.89. The Bertz CT molecular complexity index is 1110. The number of nitrogens with zero attached hydrogens (tertiary/aromatic N) is 1. The molecule has 35 heavy (non-hydrogen) atoms. The van der Waals surface area contributed by atoms with Crippen LogP contribution in [-0.4, -0.2) is 47.8 Å². The van der Waals surface area contributed by atoms with E-state index < -0.39 is 12.0 Å².